The van der Waals surface area contributed by atoms with Gasteiger partial charge in [-0.1, -0.05) is 19.1 Å². The predicted octanol–water partition coefficient (Wildman–Crippen LogP) is 3.42. The van der Waals surface area contributed by atoms with Gasteiger partial charge in [-0.15, -0.1) is 0 Å². The van der Waals surface area contributed by atoms with E-state index in [9.17, 15) is 5.26 Å². The van der Waals surface area contributed by atoms with Crippen molar-refractivity contribution in [3.63, 3.8) is 0 Å². The fourth-order valence-electron chi connectivity index (χ4n) is 2.29. The largest absolute Gasteiger partial charge is 0.312 e. The maximum absolute atomic E-state index is 9.21. The van der Waals surface area contributed by atoms with E-state index in [1.807, 2.05) is 7.05 Å². The van der Waals surface area contributed by atoms with Crippen LogP contribution in [0.4, 0.5) is 0 Å². The van der Waals surface area contributed by atoms with Gasteiger partial charge in [0.15, 0.2) is 0 Å². The molecule has 0 spiro atoms. The third-order valence-electron chi connectivity index (χ3n) is 3.75. The Kier molecular flexibility index (Phi) is 4.72. The van der Waals surface area contributed by atoms with Gasteiger partial charge in [-0.25, -0.2) is 0 Å². The van der Waals surface area contributed by atoms with Crippen LogP contribution in [0.3, 0.4) is 0 Å². The zero-order valence-electron chi connectivity index (χ0n) is 11.5. The molecule has 92 valence electrons. The molecule has 0 heterocycles. The molecule has 0 bridgehead atoms. The second-order valence-corrected chi connectivity index (χ2v) is 4.63. The van der Waals surface area contributed by atoms with Crippen LogP contribution in [0, 0.1) is 38.0 Å². The average molecular weight is 230 g/mol. The fraction of sp³-hybridized carbons (Fsp3) is 0.533. The monoisotopic (exact) mass is 230 g/mol. The molecule has 2 nitrogen and oxygen atoms in total. The van der Waals surface area contributed by atoms with Crippen molar-refractivity contribution >= 4 is 0 Å². The lowest BCUT2D eigenvalue weighted by molar-refractivity contribution is 0.447. The van der Waals surface area contributed by atoms with E-state index in [-0.39, 0.29) is 12.0 Å². The third kappa shape index (κ3) is 2.68. The van der Waals surface area contributed by atoms with Crippen LogP contribution in [0.25, 0.3) is 0 Å². The smallest absolute Gasteiger partial charge is 0.0675 e. The molecule has 17 heavy (non-hydrogen) atoms. The van der Waals surface area contributed by atoms with Gasteiger partial charge in [-0.2, -0.15) is 5.26 Å². The minimum absolute atomic E-state index is 0.0285. The van der Waals surface area contributed by atoms with Crippen LogP contribution in [0.15, 0.2) is 12.1 Å². The Balaban J connectivity index is 3.22. The molecule has 1 aromatic carbocycles. The standard InChI is InChI=1S/C15H22N2/c1-6-13(9-16)15(17-5)14-8-7-10(2)11(3)12(14)4/h7-8,13,15,17H,6H2,1-5H3. The van der Waals surface area contributed by atoms with Crippen LogP contribution >= 0.6 is 0 Å². The second kappa shape index (κ2) is 5.84. The molecule has 0 radical (unpaired) electrons. The Morgan fingerprint density at radius 1 is 1.24 bits per heavy atom. The Morgan fingerprint density at radius 3 is 2.35 bits per heavy atom. The van der Waals surface area contributed by atoms with E-state index in [0.717, 1.165) is 6.42 Å². The molecule has 0 aliphatic rings. The summed E-state index contributed by atoms with van der Waals surface area (Å²) in [5, 5.41) is 12.5. The van der Waals surface area contributed by atoms with E-state index in [2.05, 4.69) is 51.2 Å². The molecule has 2 heteroatoms. The van der Waals surface area contributed by atoms with Crippen molar-refractivity contribution in [1.29, 1.82) is 5.26 Å². The Hall–Kier alpha value is -1.33. The molecular weight excluding hydrogens is 208 g/mol. The molecule has 1 aromatic rings. The molecule has 0 aromatic heterocycles. The highest BCUT2D eigenvalue weighted by Crippen LogP contribution is 2.29. The number of nitrogens with zero attached hydrogens (tertiary/aromatic N) is 1. The molecule has 0 saturated carbocycles. The normalized spacial score (nSPS) is 14.1. The van der Waals surface area contributed by atoms with Gasteiger partial charge in [0.05, 0.1) is 12.0 Å². The van der Waals surface area contributed by atoms with Gasteiger partial charge in [-0.3, -0.25) is 0 Å². The van der Waals surface area contributed by atoms with Crippen molar-refractivity contribution < 1.29 is 0 Å². The molecule has 2 atom stereocenters. The summed E-state index contributed by atoms with van der Waals surface area (Å²) in [4.78, 5) is 0. The molecule has 0 saturated heterocycles. The highest BCUT2D eigenvalue weighted by atomic mass is 14.9. The first-order valence-corrected chi connectivity index (χ1v) is 6.20. The summed E-state index contributed by atoms with van der Waals surface area (Å²) in [5.41, 5.74) is 5.20. The number of hydrogen-bond acceptors (Lipinski definition) is 2. The average Bonchev–Trinajstić information content (AvgIpc) is 2.34. The molecule has 0 amide bonds. The van der Waals surface area contributed by atoms with Gasteiger partial charge in [0, 0.05) is 6.04 Å². The molecule has 0 fully saturated rings. The van der Waals surface area contributed by atoms with E-state index < -0.39 is 0 Å². The SMILES string of the molecule is CCC(C#N)C(NC)c1ccc(C)c(C)c1C. The number of rotatable bonds is 4. The lowest BCUT2D eigenvalue weighted by Gasteiger charge is -2.24. The quantitative estimate of drug-likeness (QED) is 0.860. The van der Waals surface area contributed by atoms with Crippen molar-refractivity contribution in [2.75, 3.05) is 7.05 Å². The third-order valence-corrected chi connectivity index (χ3v) is 3.75. The number of aryl methyl sites for hydroxylation is 1. The van der Waals surface area contributed by atoms with Crippen molar-refractivity contribution in [3.8, 4) is 6.07 Å². The topological polar surface area (TPSA) is 35.8 Å². The summed E-state index contributed by atoms with van der Waals surface area (Å²) in [5.74, 6) is 0.0285. The van der Waals surface area contributed by atoms with Crippen molar-refractivity contribution in [2.24, 2.45) is 5.92 Å². The van der Waals surface area contributed by atoms with Crippen LogP contribution in [-0.4, -0.2) is 7.05 Å². The molecule has 1 rings (SSSR count). The summed E-state index contributed by atoms with van der Waals surface area (Å²) >= 11 is 0. The van der Waals surface area contributed by atoms with Gasteiger partial charge < -0.3 is 5.32 Å². The lowest BCUT2D eigenvalue weighted by atomic mass is 9.87. The van der Waals surface area contributed by atoms with E-state index in [1.165, 1.54) is 22.3 Å². The Bertz CT molecular complexity index is 429. The molecule has 0 aliphatic heterocycles. The zero-order chi connectivity index (χ0) is 13.0. The second-order valence-electron chi connectivity index (χ2n) is 4.63. The summed E-state index contributed by atoms with van der Waals surface area (Å²) < 4.78 is 0. The highest BCUT2D eigenvalue weighted by Gasteiger charge is 2.22. The summed E-state index contributed by atoms with van der Waals surface area (Å²) in [6.07, 6.45) is 0.869. The maximum atomic E-state index is 9.21. The predicted molar refractivity (Wildman–Crippen MR) is 71.8 cm³/mol. The molecule has 1 N–H and O–H groups in total. The van der Waals surface area contributed by atoms with Crippen molar-refractivity contribution in [3.05, 3.63) is 34.4 Å². The van der Waals surface area contributed by atoms with Gasteiger partial charge in [0.25, 0.3) is 0 Å². The minimum atomic E-state index is 0.0285. The summed E-state index contributed by atoms with van der Waals surface area (Å²) in [6, 6.07) is 6.83. The molecular formula is C15H22N2. The van der Waals surface area contributed by atoms with Crippen LogP contribution < -0.4 is 5.32 Å². The van der Waals surface area contributed by atoms with Gasteiger partial charge in [0.2, 0.25) is 0 Å². The summed E-state index contributed by atoms with van der Waals surface area (Å²) in [7, 11) is 1.93. The highest BCUT2D eigenvalue weighted by molar-refractivity contribution is 5.41. The van der Waals surface area contributed by atoms with E-state index in [1.54, 1.807) is 0 Å². The number of benzene rings is 1. The fourth-order valence-corrected chi connectivity index (χ4v) is 2.29. The van der Waals surface area contributed by atoms with Crippen LogP contribution in [-0.2, 0) is 0 Å². The summed E-state index contributed by atoms with van der Waals surface area (Å²) in [6.45, 7) is 8.48. The van der Waals surface area contributed by atoms with Crippen LogP contribution in [0.5, 0.6) is 0 Å². The first-order valence-electron chi connectivity index (χ1n) is 6.20. The van der Waals surface area contributed by atoms with Crippen LogP contribution in [0.1, 0.15) is 41.6 Å². The zero-order valence-corrected chi connectivity index (χ0v) is 11.5. The van der Waals surface area contributed by atoms with E-state index in [4.69, 9.17) is 0 Å². The molecule has 2 unspecified atom stereocenters. The van der Waals surface area contributed by atoms with Crippen LogP contribution in [0.2, 0.25) is 0 Å². The lowest BCUT2D eigenvalue weighted by Crippen LogP contribution is -2.25. The number of nitrogens with one attached hydrogen (secondary N) is 1. The minimum Gasteiger partial charge on any atom is -0.312 e. The van der Waals surface area contributed by atoms with Gasteiger partial charge >= 0.3 is 0 Å². The Labute approximate surface area is 105 Å². The van der Waals surface area contributed by atoms with E-state index >= 15 is 0 Å². The van der Waals surface area contributed by atoms with Crippen molar-refractivity contribution in [1.82, 2.24) is 5.32 Å². The number of nitriles is 1. The first-order chi connectivity index (χ1) is 8.06. The van der Waals surface area contributed by atoms with Gasteiger partial charge in [-0.05, 0) is 56.5 Å². The first kappa shape index (κ1) is 13.7. The van der Waals surface area contributed by atoms with Crippen molar-refractivity contribution in [2.45, 2.75) is 40.2 Å². The Morgan fingerprint density at radius 2 is 1.88 bits per heavy atom. The maximum Gasteiger partial charge on any atom is 0.0675 e. The van der Waals surface area contributed by atoms with Gasteiger partial charge in [0.1, 0.15) is 0 Å². The number of hydrogen-bond donors (Lipinski definition) is 1. The van der Waals surface area contributed by atoms with E-state index in [0.29, 0.717) is 0 Å². The molecule has 0 aliphatic carbocycles.